The number of carbonyl (C=O) groups is 3. The van der Waals surface area contributed by atoms with Crippen molar-refractivity contribution in [3.63, 3.8) is 0 Å². The molecule has 31 heavy (non-hydrogen) atoms. The molecule has 1 aliphatic rings. The van der Waals surface area contributed by atoms with Gasteiger partial charge in [0.1, 0.15) is 11.6 Å². The molecule has 2 heterocycles. The van der Waals surface area contributed by atoms with Crippen LogP contribution in [0.5, 0.6) is 5.75 Å². The summed E-state index contributed by atoms with van der Waals surface area (Å²) in [7, 11) is 0. The SMILES string of the molecule is CCOc1ccc(NC(=O)c2ccccc2-n2c(N)c3c(cc2=O)C(=O)NC3=O)cc1. The van der Waals surface area contributed by atoms with Crippen LogP contribution in [0.15, 0.2) is 59.4 Å². The van der Waals surface area contributed by atoms with Gasteiger partial charge in [-0.15, -0.1) is 0 Å². The van der Waals surface area contributed by atoms with E-state index < -0.39 is 23.3 Å². The summed E-state index contributed by atoms with van der Waals surface area (Å²) in [5, 5.41) is 4.87. The molecule has 0 spiro atoms. The van der Waals surface area contributed by atoms with Crippen molar-refractivity contribution < 1.29 is 19.1 Å². The molecule has 0 radical (unpaired) electrons. The normalized spacial score (nSPS) is 12.3. The molecular formula is C22H18N4O5. The Morgan fingerprint density at radius 2 is 1.77 bits per heavy atom. The number of rotatable bonds is 5. The summed E-state index contributed by atoms with van der Waals surface area (Å²) in [6.45, 7) is 2.40. The van der Waals surface area contributed by atoms with Gasteiger partial charge in [0.25, 0.3) is 23.3 Å². The summed E-state index contributed by atoms with van der Waals surface area (Å²) >= 11 is 0. The minimum absolute atomic E-state index is 0.0833. The van der Waals surface area contributed by atoms with E-state index in [0.29, 0.717) is 18.0 Å². The van der Waals surface area contributed by atoms with E-state index in [4.69, 9.17) is 10.5 Å². The van der Waals surface area contributed by atoms with Gasteiger partial charge >= 0.3 is 0 Å². The summed E-state index contributed by atoms with van der Waals surface area (Å²) in [6.07, 6.45) is 0. The van der Waals surface area contributed by atoms with Crippen molar-refractivity contribution in [1.29, 1.82) is 0 Å². The highest BCUT2D eigenvalue weighted by Crippen LogP contribution is 2.25. The third-order valence-electron chi connectivity index (χ3n) is 4.77. The Hall–Kier alpha value is -4.40. The number of pyridine rings is 1. The molecule has 2 aromatic carbocycles. The number of hydrogen-bond donors (Lipinski definition) is 3. The van der Waals surface area contributed by atoms with Crippen LogP contribution in [-0.4, -0.2) is 28.9 Å². The zero-order valence-corrected chi connectivity index (χ0v) is 16.5. The summed E-state index contributed by atoms with van der Waals surface area (Å²) in [5.41, 5.74) is 6.16. The van der Waals surface area contributed by atoms with Gasteiger partial charge in [-0.2, -0.15) is 0 Å². The number of para-hydroxylation sites is 1. The molecule has 0 bridgehead atoms. The Morgan fingerprint density at radius 3 is 2.48 bits per heavy atom. The number of anilines is 2. The van der Waals surface area contributed by atoms with Crippen LogP contribution < -0.4 is 26.7 Å². The van der Waals surface area contributed by atoms with E-state index in [9.17, 15) is 19.2 Å². The highest BCUT2D eigenvalue weighted by molar-refractivity contribution is 6.23. The maximum absolute atomic E-state index is 13.0. The lowest BCUT2D eigenvalue weighted by Gasteiger charge is -2.15. The molecule has 4 rings (SSSR count). The van der Waals surface area contributed by atoms with E-state index in [1.54, 1.807) is 36.4 Å². The second kappa shape index (κ2) is 7.79. The fourth-order valence-corrected chi connectivity index (χ4v) is 3.39. The molecular weight excluding hydrogens is 400 g/mol. The van der Waals surface area contributed by atoms with Crippen LogP contribution in [0.1, 0.15) is 38.0 Å². The Kier molecular flexibility index (Phi) is 5.00. The molecule has 9 nitrogen and oxygen atoms in total. The number of carbonyl (C=O) groups excluding carboxylic acids is 3. The molecule has 1 aromatic heterocycles. The van der Waals surface area contributed by atoms with E-state index in [-0.39, 0.29) is 28.2 Å². The van der Waals surface area contributed by atoms with Gasteiger partial charge in [0.15, 0.2) is 0 Å². The first-order valence-electron chi connectivity index (χ1n) is 9.45. The van der Waals surface area contributed by atoms with Gasteiger partial charge in [0.05, 0.1) is 29.0 Å². The van der Waals surface area contributed by atoms with Crippen LogP contribution >= 0.6 is 0 Å². The number of nitrogens with two attached hydrogens (primary N) is 1. The maximum atomic E-state index is 13.0. The second-order valence-corrected chi connectivity index (χ2v) is 6.70. The van der Waals surface area contributed by atoms with Crippen molar-refractivity contribution in [2.24, 2.45) is 0 Å². The van der Waals surface area contributed by atoms with Gasteiger partial charge in [0, 0.05) is 11.8 Å². The molecule has 156 valence electrons. The molecule has 1 aliphatic heterocycles. The van der Waals surface area contributed by atoms with E-state index >= 15 is 0 Å². The maximum Gasteiger partial charge on any atom is 0.262 e. The first-order chi connectivity index (χ1) is 14.9. The van der Waals surface area contributed by atoms with Gasteiger partial charge in [-0.25, -0.2) is 0 Å². The Balaban J connectivity index is 1.74. The van der Waals surface area contributed by atoms with Crippen LogP contribution in [0, 0.1) is 0 Å². The van der Waals surface area contributed by atoms with E-state index in [1.165, 1.54) is 12.1 Å². The molecule has 3 amide bonds. The minimum Gasteiger partial charge on any atom is -0.494 e. The third kappa shape index (κ3) is 3.52. The zero-order valence-electron chi connectivity index (χ0n) is 16.5. The average molecular weight is 418 g/mol. The van der Waals surface area contributed by atoms with Crippen LogP contribution in [0.4, 0.5) is 11.5 Å². The smallest absolute Gasteiger partial charge is 0.262 e. The Morgan fingerprint density at radius 1 is 1.06 bits per heavy atom. The number of imide groups is 1. The van der Waals surface area contributed by atoms with Crippen molar-refractivity contribution in [3.8, 4) is 11.4 Å². The highest BCUT2D eigenvalue weighted by Gasteiger charge is 2.32. The van der Waals surface area contributed by atoms with Crippen molar-refractivity contribution in [1.82, 2.24) is 9.88 Å². The first-order valence-corrected chi connectivity index (χ1v) is 9.45. The van der Waals surface area contributed by atoms with Gasteiger partial charge in [-0.05, 0) is 43.3 Å². The predicted molar refractivity (Wildman–Crippen MR) is 114 cm³/mol. The van der Waals surface area contributed by atoms with E-state index in [2.05, 4.69) is 10.6 Å². The summed E-state index contributed by atoms with van der Waals surface area (Å²) in [6, 6.07) is 14.2. The number of benzene rings is 2. The van der Waals surface area contributed by atoms with Gasteiger partial charge in [0.2, 0.25) is 0 Å². The van der Waals surface area contributed by atoms with Crippen LogP contribution in [-0.2, 0) is 0 Å². The molecule has 4 N–H and O–H groups in total. The Labute approximate surface area is 176 Å². The number of amides is 3. The summed E-state index contributed by atoms with van der Waals surface area (Å²) < 4.78 is 6.43. The molecule has 0 aliphatic carbocycles. The number of nitrogens with zero attached hydrogens (tertiary/aromatic N) is 1. The van der Waals surface area contributed by atoms with E-state index in [1.807, 2.05) is 6.92 Å². The lowest BCUT2D eigenvalue weighted by Crippen LogP contribution is -2.26. The number of fused-ring (bicyclic) bond motifs is 1. The summed E-state index contributed by atoms with van der Waals surface area (Å²) in [5.74, 6) is -1.40. The molecule has 9 heteroatoms. The van der Waals surface area contributed by atoms with Gasteiger partial charge < -0.3 is 15.8 Å². The molecule has 0 saturated heterocycles. The number of hydrogen-bond acceptors (Lipinski definition) is 6. The van der Waals surface area contributed by atoms with Gasteiger partial charge in [-0.3, -0.25) is 29.1 Å². The standard InChI is InChI=1S/C22H18N4O5/c1-2-31-13-9-7-12(8-10-13)24-20(28)14-5-3-4-6-16(14)26-17(27)11-15-18(19(26)23)22(30)25-21(15)29/h3-11H,2,23H2,1H3,(H,24,28)(H,25,29,30). The number of aromatic nitrogens is 1. The van der Waals surface area contributed by atoms with Crippen molar-refractivity contribution in [2.45, 2.75) is 6.92 Å². The number of nitrogen functional groups attached to an aromatic ring is 1. The van der Waals surface area contributed by atoms with Gasteiger partial charge in [-0.1, -0.05) is 12.1 Å². The lowest BCUT2D eigenvalue weighted by molar-refractivity contribution is 0.0879. The van der Waals surface area contributed by atoms with E-state index in [0.717, 1.165) is 10.6 Å². The zero-order chi connectivity index (χ0) is 22.1. The quantitative estimate of drug-likeness (QED) is 0.543. The van der Waals surface area contributed by atoms with Crippen molar-refractivity contribution >= 4 is 29.2 Å². The summed E-state index contributed by atoms with van der Waals surface area (Å²) in [4.78, 5) is 49.7. The molecule has 0 fully saturated rings. The Bertz CT molecular complexity index is 1280. The molecule has 0 unspecified atom stereocenters. The predicted octanol–water partition coefficient (Wildman–Crippen LogP) is 1.95. The molecule has 0 atom stereocenters. The largest absolute Gasteiger partial charge is 0.494 e. The second-order valence-electron chi connectivity index (χ2n) is 6.70. The monoisotopic (exact) mass is 418 g/mol. The first kappa shape index (κ1) is 19.9. The number of nitrogens with one attached hydrogen (secondary N) is 2. The van der Waals surface area contributed by atoms with Crippen LogP contribution in [0.3, 0.4) is 0 Å². The molecule has 0 saturated carbocycles. The van der Waals surface area contributed by atoms with Crippen molar-refractivity contribution in [3.05, 3.63) is 81.6 Å². The topological polar surface area (TPSA) is 133 Å². The fourth-order valence-electron chi connectivity index (χ4n) is 3.39. The minimum atomic E-state index is -0.692. The van der Waals surface area contributed by atoms with Crippen LogP contribution in [0.25, 0.3) is 5.69 Å². The average Bonchev–Trinajstić information content (AvgIpc) is 3.03. The molecule has 3 aromatic rings. The van der Waals surface area contributed by atoms with Crippen LogP contribution in [0.2, 0.25) is 0 Å². The fraction of sp³-hybridized carbons (Fsp3) is 0.0909. The number of ether oxygens (including phenoxy) is 1. The highest BCUT2D eigenvalue weighted by atomic mass is 16.5. The lowest BCUT2D eigenvalue weighted by atomic mass is 10.1. The third-order valence-corrected chi connectivity index (χ3v) is 4.77. The van der Waals surface area contributed by atoms with Crippen molar-refractivity contribution in [2.75, 3.05) is 17.7 Å².